The van der Waals surface area contributed by atoms with Crippen molar-refractivity contribution in [3.8, 4) is 0 Å². The van der Waals surface area contributed by atoms with Crippen LogP contribution in [0, 0.1) is 0 Å². The van der Waals surface area contributed by atoms with Crippen molar-refractivity contribution in [2.75, 3.05) is 30.8 Å². The second kappa shape index (κ2) is 5.68. The lowest BCUT2D eigenvalue weighted by Gasteiger charge is -2.26. The summed E-state index contributed by atoms with van der Waals surface area (Å²) in [5.41, 5.74) is 6.55. The molecule has 0 bridgehead atoms. The molecular weight excluding hydrogens is 234 g/mol. The van der Waals surface area contributed by atoms with Crippen molar-refractivity contribution in [3.63, 3.8) is 0 Å². The highest BCUT2D eigenvalue weighted by Gasteiger charge is 2.18. The standard InChI is InChI=1S/C12H17N3O3/c1-2-17-12(16)10-4-3-9(13)11(15-10)14-7-8-5-6-18-8/h3-4,8H,2,5-7,13H2,1H3,(H,14,15)/t8-/m0/s1. The van der Waals surface area contributed by atoms with Crippen LogP contribution in [0.15, 0.2) is 12.1 Å². The zero-order chi connectivity index (χ0) is 13.0. The van der Waals surface area contributed by atoms with E-state index in [2.05, 4.69) is 10.3 Å². The molecule has 0 saturated carbocycles. The lowest BCUT2D eigenvalue weighted by Crippen LogP contribution is -2.33. The Kier molecular flexibility index (Phi) is 3.99. The first kappa shape index (κ1) is 12.6. The normalized spacial score (nSPS) is 17.9. The molecule has 1 aliphatic heterocycles. The number of esters is 1. The predicted octanol–water partition coefficient (Wildman–Crippen LogP) is 1.04. The van der Waals surface area contributed by atoms with Gasteiger partial charge in [-0.2, -0.15) is 0 Å². The number of carbonyl (C=O) groups is 1. The van der Waals surface area contributed by atoms with Gasteiger partial charge in [0.1, 0.15) is 5.82 Å². The molecule has 1 atom stereocenters. The van der Waals surface area contributed by atoms with Crippen molar-refractivity contribution in [1.29, 1.82) is 0 Å². The number of rotatable bonds is 5. The molecule has 0 aromatic carbocycles. The molecule has 0 unspecified atom stereocenters. The number of hydrogen-bond donors (Lipinski definition) is 2. The number of nitrogens with one attached hydrogen (secondary N) is 1. The first-order chi connectivity index (χ1) is 8.70. The molecule has 3 N–H and O–H groups in total. The maximum Gasteiger partial charge on any atom is 0.357 e. The smallest absolute Gasteiger partial charge is 0.357 e. The number of ether oxygens (including phenoxy) is 2. The third-order valence-corrected chi connectivity index (χ3v) is 2.70. The van der Waals surface area contributed by atoms with Crippen molar-refractivity contribution in [2.45, 2.75) is 19.4 Å². The first-order valence-electron chi connectivity index (χ1n) is 6.00. The van der Waals surface area contributed by atoms with Crippen LogP contribution in [0.5, 0.6) is 0 Å². The van der Waals surface area contributed by atoms with Crippen LogP contribution in [0.1, 0.15) is 23.8 Å². The van der Waals surface area contributed by atoms with E-state index in [1.54, 1.807) is 19.1 Å². The van der Waals surface area contributed by atoms with Crippen LogP contribution in [-0.2, 0) is 9.47 Å². The van der Waals surface area contributed by atoms with E-state index in [4.69, 9.17) is 15.2 Å². The lowest BCUT2D eigenvalue weighted by molar-refractivity contribution is -0.0410. The van der Waals surface area contributed by atoms with Gasteiger partial charge in [-0.15, -0.1) is 0 Å². The van der Waals surface area contributed by atoms with Gasteiger partial charge in [-0.05, 0) is 25.5 Å². The minimum absolute atomic E-state index is 0.206. The Hall–Kier alpha value is -1.82. The van der Waals surface area contributed by atoms with Crippen molar-refractivity contribution in [3.05, 3.63) is 17.8 Å². The van der Waals surface area contributed by atoms with E-state index in [9.17, 15) is 4.79 Å². The molecule has 0 amide bonds. The summed E-state index contributed by atoms with van der Waals surface area (Å²) >= 11 is 0. The summed E-state index contributed by atoms with van der Waals surface area (Å²) in [6.07, 6.45) is 1.24. The van der Waals surface area contributed by atoms with Gasteiger partial charge in [0.2, 0.25) is 0 Å². The van der Waals surface area contributed by atoms with Crippen molar-refractivity contribution >= 4 is 17.5 Å². The minimum atomic E-state index is -0.444. The summed E-state index contributed by atoms with van der Waals surface area (Å²) in [7, 11) is 0. The van der Waals surface area contributed by atoms with Crippen LogP contribution in [0.4, 0.5) is 11.5 Å². The summed E-state index contributed by atoms with van der Waals surface area (Å²) in [6.45, 7) is 3.52. The van der Waals surface area contributed by atoms with E-state index >= 15 is 0 Å². The lowest BCUT2D eigenvalue weighted by atomic mass is 10.2. The average molecular weight is 251 g/mol. The summed E-state index contributed by atoms with van der Waals surface area (Å²) in [4.78, 5) is 15.7. The largest absolute Gasteiger partial charge is 0.461 e. The number of nitrogens with two attached hydrogens (primary N) is 1. The van der Waals surface area contributed by atoms with E-state index < -0.39 is 5.97 Å². The third kappa shape index (κ3) is 2.89. The highest BCUT2D eigenvalue weighted by molar-refractivity contribution is 5.88. The molecule has 98 valence electrons. The van der Waals surface area contributed by atoms with Crippen LogP contribution in [0.3, 0.4) is 0 Å². The molecule has 0 aliphatic carbocycles. The topological polar surface area (TPSA) is 86.5 Å². The van der Waals surface area contributed by atoms with Gasteiger partial charge in [-0.3, -0.25) is 0 Å². The Morgan fingerprint density at radius 3 is 3.06 bits per heavy atom. The second-order valence-electron chi connectivity index (χ2n) is 4.02. The number of anilines is 2. The number of hydrogen-bond acceptors (Lipinski definition) is 6. The zero-order valence-corrected chi connectivity index (χ0v) is 10.3. The fourth-order valence-corrected chi connectivity index (χ4v) is 1.59. The summed E-state index contributed by atoms with van der Waals surface area (Å²) < 4.78 is 10.2. The fraction of sp³-hybridized carbons (Fsp3) is 0.500. The Morgan fingerprint density at radius 1 is 1.67 bits per heavy atom. The number of nitrogen functional groups attached to an aromatic ring is 1. The second-order valence-corrected chi connectivity index (χ2v) is 4.02. The molecule has 6 nitrogen and oxygen atoms in total. The highest BCUT2D eigenvalue weighted by Crippen LogP contribution is 2.18. The molecule has 0 radical (unpaired) electrons. The summed E-state index contributed by atoms with van der Waals surface area (Å²) in [5.74, 6) is 0.0523. The highest BCUT2D eigenvalue weighted by atomic mass is 16.5. The van der Waals surface area contributed by atoms with Crippen molar-refractivity contribution in [2.24, 2.45) is 0 Å². The van der Waals surface area contributed by atoms with Crippen LogP contribution < -0.4 is 11.1 Å². The van der Waals surface area contributed by atoms with Crippen LogP contribution in [0.25, 0.3) is 0 Å². The quantitative estimate of drug-likeness (QED) is 0.760. The molecule has 0 spiro atoms. The SMILES string of the molecule is CCOC(=O)c1ccc(N)c(NC[C@@H]2CCO2)n1. The molecule has 1 saturated heterocycles. The number of pyridine rings is 1. The van der Waals surface area contributed by atoms with Crippen LogP contribution in [0.2, 0.25) is 0 Å². The van der Waals surface area contributed by atoms with Crippen LogP contribution in [-0.4, -0.2) is 36.8 Å². The Balaban J connectivity index is 2.03. The van der Waals surface area contributed by atoms with Gasteiger partial charge in [0.05, 0.1) is 18.4 Å². The van der Waals surface area contributed by atoms with E-state index in [1.165, 1.54) is 0 Å². The zero-order valence-electron chi connectivity index (χ0n) is 10.3. The molecular formula is C12H17N3O3. The maximum atomic E-state index is 11.5. The summed E-state index contributed by atoms with van der Waals surface area (Å²) in [5, 5.41) is 3.08. The van der Waals surface area contributed by atoms with Gasteiger partial charge in [-0.1, -0.05) is 0 Å². The predicted molar refractivity (Wildman–Crippen MR) is 67.5 cm³/mol. The minimum Gasteiger partial charge on any atom is -0.461 e. The monoisotopic (exact) mass is 251 g/mol. The Bertz CT molecular complexity index is 433. The molecule has 2 rings (SSSR count). The van der Waals surface area contributed by atoms with Gasteiger partial charge in [0, 0.05) is 13.2 Å². The number of nitrogens with zero attached hydrogens (tertiary/aromatic N) is 1. The van der Waals surface area contributed by atoms with Gasteiger partial charge in [0.15, 0.2) is 5.69 Å². The number of aromatic nitrogens is 1. The van der Waals surface area contributed by atoms with Gasteiger partial charge in [-0.25, -0.2) is 9.78 Å². The van der Waals surface area contributed by atoms with Gasteiger partial charge < -0.3 is 20.5 Å². The van der Waals surface area contributed by atoms with E-state index in [-0.39, 0.29) is 11.8 Å². The maximum absolute atomic E-state index is 11.5. The molecule has 6 heteroatoms. The third-order valence-electron chi connectivity index (χ3n) is 2.70. The Morgan fingerprint density at radius 2 is 2.44 bits per heavy atom. The number of carbonyl (C=O) groups excluding carboxylic acids is 1. The van der Waals surface area contributed by atoms with Gasteiger partial charge in [0.25, 0.3) is 0 Å². The molecule has 2 heterocycles. The summed E-state index contributed by atoms with van der Waals surface area (Å²) in [6, 6.07) is 3.20. The molecule has 1 aromatic rings. The average Bonchev–Trinajstić information content (AvgIpc) is 2.29. The van der Waals surface area contributed by atoms with Crippen molar-refractivity contribution < 1.29 is 14.3 Å². The fourth-order valence-electron chi connectivity index (χ4n) is 1.59. The molecule has 18 heavy (non-hydrogen) atoms. The first-order valence-corrected chi connectivity index (χ1v) is 6.00. The molecule has 1 aromatic heterocycles. The van der Waals surface area contributed by atoms with Gasteiger partial charge >= 0.3 is 5.97 Å². The van der Waals surface area contributed by atoms with E-state index in [0.29, 0.717) is 24.7 Å². The Labute approximate surface area is 105 Å². The van der Waals surface area contributed by atoms with E-state index in [1.807, 2.05) is 0 Å². The van der Waals surface area contributed by atoms with Crippen molar-refractivity contribution in [1.82, 2.24) is 4.98 Å². The molecule has 1 aliphatic rings. The van der Waals surface area contributed by atoms with Crippen LogP contribution >= 0.6 is 0 Å². The molecule has 1 fully saturated rings. The van der Waals surface area contributed by atoms with E-state index in [0.717, 1.165) is 13.0 Å².